The molecule has 8 nitrogen and oxygen atoms in total. The number of nitrogens with zero attached hydrogens (tertiary/aromatic N) is 4. The molecule has 1 aliphatic heterocycles. The average Bonchev–Trinajstić information content (AvgIpc) is 3.17. The van der Waals surface area contributed by atoms with Crippen molar-refractivity contribution in [2.24, 2.45) is 5.92 Å². The fourth-order valence-corrected chi connectivity index (χ4v) is 4.94. The summed E-state index contributed by atoms with van der Waals surface area (Å²) in [6.45, 7) is 7.05. The number of amides is 1. The Hall–Kier alpha value is -3.01. The Balaban J connectivity index is 1.75. The van der Waals surface area contributed by atoms with Crippen LogP contribution >= 0.6 is 11.3 Å². The van der Waals surface area contributed by atoms with Gasteiger partial charge in [-0.1, -0.05) is 24.3 Å². The Kier molecular flexibility index (Phi) is 6.14. The van der Waals surface area contributed by atoms with E-state index in [1.165, 1.54) is 34.1 Å². The molecule has 1 saturated heterocycles. The maximum Gasteiger partial charge on any atom is 0.333 e. The van der Waals surface area contributed by atoms with E-state index >= 15 is 0 Å². The van der Waals surface area contributed by atoms with Gasteiger partial charge in [0.15, 0.2) is 10.8 Å². The van der Waals surface area contributed by atoms with Crippen molar-refractivity contribution in [3.05, 3.63) is 50.9 Å². The van der Waals surface area contributed by atoms with Gasteiger partial charge in [-0.3, -0.25) is 18.7 Å². The molecule has 170 valence electrons. The molecular formula is C22H26FN5O3S. The molecule has 4 rings (SSSR count). The van der Waals surface area contributed by atoms with Gasteiger partial charge in [-0.2, -0.15) is 0 Å². The molecule has 10 heteroatoms. The Morgan fingerprint density at radius 3 is 2.66 bits per heavy atom. The molecule has 3 aromatic rings. The predicted octanol–water partition coefficient (Wildman–Crippen LogP) is 3.21. The molecule has 3 heterocycles. The van der Waals surface area contributed by atoms with Gasteiger partial charge in [0.25, 0.3) is 5.56 Å². The minimum absolute atomic E-state index is 0.213. The lowest BCUT2D eigenvalue weighted by Gasteiger charge is -2.29. The van der Waals surface area contributed by atoms with E-state index in [0.717, 1.165) is 30.5 Å². The SMILES string of the molecule is CC1CCN(c2nc3c(s2)c(=O)n(C(C)C)c(=O)n3CC(=O)Nc2cccc(F)c2)CC1. The van der Waals surface area contributed by atoms with Crippen molar-refractivity contribution in [1.82, 2.24) is 14.1 Å². The summed E-state index contributed by atoms with van der Waals surface area (Å²) in [4.78, 5) is 45.6. The Morgan fingerprint density at radius 2 is 2.00 bits per heavy atom. The third-order valence-electron chi connectivity index (χ3n) is 5.68. The molecule has 32 heavy (non-hydrogen) atoms. The summed E-state index contributed by atoms with van der Waals surface area (Å²) in [5.74, 6) is -0.339. The number of nitrogens with one attached hydrogen (secondary N) is 1. The number of anilines is 2. The smallest absolute Gasteiger partial charge is 0.333 e. The fraction of sp³-hybridized carbons (Fsp3) is 0.455. The van der Waals surface area contributed by atoms with Crippen LogP contribution in [0, 0.1) is 11.7 Å². The first kappa shape index (κ1) is 22.2. The van der Waals surface area contributed by atoms with Crippen LogP contribution in [0.1, 0.15) is 39.7 Å². The van der Waals surface area contributed by atoms with E-state index < -0.39 is 23.0 Å². The zero-order chi connectivity index (χ0) is 23.0. The molecule has 0 unspecified atom stereocenters. The molecule has 1 amide bonds. The van der Waals surface area contributed by atoms with Gasteiger partial charge in [-0.15, -0.1) is 0 Å². The highest BCUT2D eigenvalue weighted by molar-refractivity contribution is 7.22. The van der Waals surface area contributed by atoms with E-state index in [1.807, 2.05) is 0 Å². The van der Waals surface area contributed by atoms with Crippen LogP contribution in [0.15, 0.2) is 33.9 Å². The van der Waals surface area contributed by atoms with E-state index in [-0.39, 0.29) is 23.9 Å². The number of halogens is 1. The summed E-state index contributed by atoms with van der Waals surface area (Å²) >= 11 is 1.26. The normalized spacial score (nSPS) is 15.0. The number of carbonyl (C=O) groups is 1. The van der Waals surface area contributed by atoms with Gasteiger partial charge in [0.05, 0.1) is 0 Å². The third-order valence-corrected chi connectivity index (χ3v) is 6.78. The largest absolute Gasteiger partial charge is 0.348 e. The molecule has 2 aromatic heterocycles. The topological polar surface area (TPSA) is 89.2 Å². The summed E-state index contributed by atoms with van der Waals surface area (Å²) in [5.41, 5.74) is -0.477. The number of aromatic nitrogens is 3. The molecule has 1 N–H and O–H groups in total. The quantitative estimate of drug-likeness (QED) is 0.633. The number of fused-ring (bicyclic) bond motifs is 1. The van der Waals surface area contributed by atoms with Crippen molar-refractivity contribution >= 4 is 38.4 Å². The predicted molar refractivity (Wildman–Crippen MR) is 124 cm³/mol. The molecular weight excluding hydrogens is 433 g/mol. The van der Waals surface area contributed by atoms with Crippen LogP contribution in [-0.2, 0) is 11.3 Å². The van der Waals surface area contributed by atoms with Crippen LogP contribution in [0.5, 0.6) is 0 Å². The molecule has 1 aromatic carbocycles. The van der Waals surface area contributed by atoms with E-state index in [1.54, 1.807) is 19.9 Å². The number of piperidine rings is 1. The second kappa shape index (κ2) is 8.85. The van der Waals surface area contributed by atoms with Gasteiger partial charge in [-0.05, 0) is 50.8 Å². The second-order valence-electron chi connectivity index (χ2n) is 8.51. The molecule has 0 bridgehead atoms. The van der Waals surface area contributed by atoms with Crippen LogP contribution in [0.3, 0.4) is 0 Å². The third kappa shape index (κ3) is 4.32. The first-order chi connectivity index (χ1) is 15.2. The van der Waals surface area contributed by atoms with Crippen molar-refractivity contribution in [1.29, 1.82) is 0 Å². The Bertz CT molecular complexity index is 1270. The molecule has 1 fully saturated rings. The lowest BCUT2D eigenvalue weighted by atomic mass is 10.00. The highest BCUT2D eigenvalue weighted by atomic mass is 32.1. The summed E-state index contributed by atoms with van der Waals surface area (Å²) < 4.78 is 16.2. The van der Waals surface area contributed by atoms with Gasteiger partial charge in [0.1, 0.15) is 17.1 Å². The standard InChI is InChI=1S/C22H26FN5O3S/c1-13(2)28-20(30)18-19(25-21(32-18)26-9-7-14(3)8-10-26)27(22(28)31)12-17(29)24-16-6-4-5-15(23)11-16/h4-6,11,13-14H,7-10,12H2,1-3H3,(H,24,29). The van der Waals surface area contributed by atoms with E-state index in [0.29, 0.717) is 15.7 Å². The van der Waals surface area contributed by atoms with Gasteiger partial charge >= 0.3 is 5.69 Å². The van der Waals surface area contributed by atoms with Gasteiger partial charge < -0.3 is 10.2 Å². The zero-order valence-electron chi connectivity index (χ0n) is 18.3. The highest BCUT2D eigenvalue weighted by Crippen LogP contribution is 2.29. The maximum atomic E-state index is 13.4. The minimum Gasteiger partial charge on any atom is -0.348 e. The first-order valence-corrected chi connectivity index (χ1v) is 11.5. The molecule has 0 saturated carbocycles. The summed E-state index contributed by atoms with van der Waals surface area (Å²) in [6, 6.07) is 5.15. The number of thiazole rings is 1. The van der Waals surface area contributed by atoms with Crippen LogP contribution in [0.4, 0.5) is 15.2 Å². The van der Waals surface area contributed by atoms with E-state index in [2.05, 4.69) is 22.1 Å². The van der Waals surface area contributed by atoms with Crippen molar-refractivity contribution < 1.29 is 9.18 Å². The van der Waals surface area contributed by atoms with Gasteiger partial charge in [0.2, 0.25) is 5.91 Å². The summed E-state index contributed by atoms with van der Waals surface area (Å²) in [6.07, 6.45) is 2.07. The summed E-state index contributed by atoms with van der Waals surface area (Å²) in [5, 5.41) is 3.29. The van der Waals surface area contributed by atoms with Crippen molar-refractivity contribution in [2.45, 2.75) is 46.2 Å². The van der Waals surface area contributed by atoms with Crippen molar-refractivity contribution in [2.75, 3.05) is 23.3 Å². The number of benzene rings is 1. The highest BCUT2D eigenvalue weighted by Gasteiger charge is 2.24. The van der Waals surface area contributed by atoms with Gasteiger partial charge in [0, 0.05) is 24.8 Å². The van der Waals surface area contributed by atoms with Crippen LogP contribution in [0.2, 0.25) is 0 Å². The lowest BCUT2D eigenvalue weighted by Crippen LogP contribution is -2.42. The lowest BCUT2D eigenvalue weighted by molar-refractivity contribution is -0.116. The maximum absolute atomic E-state index is 13.4. The van der Waals surface area contributed by atoms with Crippen LogP contribution in [-0.4, -0.2) is 33.1 Å². The molecule has 0 aliphatic carbocycles. The first-order valence-electron chi connectivity index (χ1n) is 10.7. The fourth-order valence-electron chi connectivity index (χ4n) is 3.88. The number of hydrogen-bond acceptors (Lipinski definition) is 6. The number of rotatable bonds is 5. The molecule has 0 radical (unpaired) electrons. The Morgan fingerprint density at radius 1 is 1.28 bits per heavy atom. The number of hydrogen-bond donors (Lipinski definition) is 1. The average molecular weight is 460 g/mol. The minimum atomic E-state index is -0.587. The molecule has 0 spiro atoms. The zero-order valence-corrected chi connectivity index (χ0v) is 19.1. The van der Waals surface area contributed by atoms with E-state index in [9.17, 15) is 18.8 Å². The molecule has 1 aliphatic rings. The van der Waals surface area contributed by atoms with Crippen LogP contribution < -0.4 is 21.5 Å². The monoisotopic (exact) mass is 459 g/mol. The van der Waals surface area contributed by atoms with Gasteiger partial charge in [-0.25, -0.2) is 14.2 Å². The van der Waals surface area contributed by atoms with Crippen LogP contribution in [0.25, 0.3) is 10.3 Å². The van der Waals surface area contributed by atoms with Crippen molar-refractivity contribution in [3.63, 3.8) is 0 Å². The summed E-state index contributed by atoms with van der Waals surface area (Å²) in [7, 11) is 0. The second-order valence-corrected chi connectivity index (χ2v) is 9.49. The van der Waals surface area contributed by atoms with E-state index in [4.69, 9.17) is 0 Å². The number of carbonyl (C=O) groups excluding carboxylic acids is 1. The Labute approximate surface area is 188 Å². The van der Waals surface area contributed by atoms with Crippen molar-refractivity contribution in [3.8, 4) is 0 Å². The molecule has 0 atom stereocenters.